The minimum atomic E-state index is -5.08. The van der Waals surface area contributed by atoms with E-state index in [1.807, 2.05) is 49.3 Å². The van der Waals surface area contributed by atoms with Crippen LogP contribution in [-0.2, 0) is 14.4 Å². The molecule has 0 bridgehead atoms. The summed E-state index contributed by atoms with van der Waals surface area (Å²) < 4.78 is 95.2. The molecule has 0 atom stereocenters. The van der Waals surface area contributed by atoms with Gasteiger partial charge >= 0.3 is 36.4 Å². The number of benzene rings is 1. The number of nitrogens with zero attached hydrogens (tertiary/aromatic N) is 5. The number of fused-ring (bicyclic) bond motifs is 5. The number of rotatable bonds is 2. The molecule has 0 spiro atoms. The first-order valence-electron chi connectivity index (χ1n) is 13.0. The van der Waals surface area contributed by atoms with Crippen LogP contribution >= 0.6 is 11.6 Å². The molecule has 0 saturated heterocycles. The van der Waals surface area contributed by atoms with Gasteiger partial charge in [0, 0.05) is 43.3 Å². The van der Waals surface area contributed by atoms with Gasteiger partial charge in [0.1, 0.15) is 23.4 Å². The Morgan fingerprint density at radius 3 is 1.86 bits per heavy atom. The first-order chi connectivity index (χ1) is 23.4. The van der Waals surface area contributed by atoms with Crippen LogP contribution in [0.5, 0.6) is 0 Å². The second kappa shape index (κ2) is 16.1. The van der Waals surface area contributed by atoms with E-state index in [1.165, 1.54) is 0 Å². The lowest BCUT2D eigenvalue weighted by Gasteiger charge is -2.15. The number of carboxylic acids is 3. The number of carbonyl (C=O) groups is 3. The molecular formula is C28H19ClF9N7O6. The van der Waals surface area contributed by atoms with Gasteiger partial charge < -0.3 is 30.5 Å². The van der Waals surface area contributed by atoms with Crippen LogP contribution in [0, 0.1) is 11.3 Å². The molecule has 4 aromatic rings. The lowest BCUT2D eigenvalue weighted by molar-refractivity contribution is -0.193. The number of aromatic nitrogens is 4. The Labute approximate surface area is 283 Å². The van der Waals surface area contributed by atoms with Crippen molar-refractivity contribution in [2.75, 3.05) is 24.3 Å². The van der Waals surface area contributed by atoms with E-state index in [4.69, 9.17) is 46.3 Å². The van der Waals surface area contributed by atoms with E-state index in [1.54, 1.807) is 18.6 Å². The number of H-pyrrole nitrogens is 1. The van der Waals surface area contributed by atoms with E-state index in [9.17, 15) is 44.8 Å². The molecule has 0 saturated carbocycles. The molecular weight excluding hydrogens is 737 g/mol. The number of pyridine rings is 2. The summed E-state index contributed by atoms with van der Waals surface area (Å²) in [4.78, 5) is 45.5. The largest absolute Gasteiger partial charge is 0.490 e. The highest BCUT2D eigenvalue weighted by molar-refractivity contribution is 6.33. The maximum Gasteiger partial charge on any atom is 0.490 e. The number of halogens is 10. The van der Waals surface area contributed by atoms with Crippen molar-refractivity contribution >= 4 is 46.7 Å². The molecule has 0 amide bonds. The number of nitriles is 1. The van der Waals surface area contributed by atoms with Crippen LogP contribution in [0.2, 0.25) is 5.02 Å². The monoisotopic (exact) mass is 755 g/mol. The van der Waals surface area contributed by atoms with Crippen molar-refractivity contribution in [1.82, 2.24) is 19.9 Å². The normalized spacial score (nSPS) is 11.4. The van der Waals surface area contributed by atoms with E-state index in [2.05, 4.69) is 26.3 Å². The van der Waals surface area contributed by atoms with E-state index in [-0.39, 0.29) is 0 Å². The molecule has 0 unspecified atom stereocenters. The van der Waals surface area contributed by atoms with Crippen LogP contribution in [-0.4, -0.2) is 85.8 Å². The van der Waals surface area contributed by atoms with Crippen molar-refractivity contribution in [3.8, 4) is 40.0 Å². The summed E-state index contributed by atoms with van der Waals surface area (Å²) in [7, 11) is 3.81. The predicted molar refractivity (Wildman–Crippen MR) is 159 cm³/mol. The Morgan fingerprint density at radius 1 is 0.863 bits per heavy atom. The molecule has 1 aliphatic rings. The van der Waals surface area contributed by atoms with E-state index >= 15 is 0 Å². The third kappa shape index (κ3) is 10.9. The fourth-order valence-electron chi connectivity index (χ4n) is 3.60. The quantitative estimate of drug-likeness (QED) is 0.119. The molecule has 1 aromatic carbocycles. The smallest absolute Gasteiger partial charge is 0.475 e. The van der Waals surface area contributed by atoms with Gasteiger partial charge in [-0.2, -0.15) is 44.8 Å². The van der Waals surface area contributed by atoms with Gasteiger partial charge in [-0.25, -0.2) is 24.4 Å². The topological polar surface area (TPSA) is 205 Å². The second-order valence-electron chi connectivity index (χ2n) is 9.52. The number of aliphatic carboxylic acids is 3. The van der Waals surface area contributed by atoms with Crippen molar-refractivity contribution in [2.24, 2.45) is 0 Å². The van der Waals surface area contributed by atoms with Crippen LogP contribution < -0.4 is 10.2 Å². The number of hydrogen-bond donors (Lipinski definition) is 5. The number of nitrogens with one attached hydrogen (secondary N) is 2. The Balaban J connectivity index is 0.000000352. The zero-order valence-corrected chi connectivity index (χ0v) is 26.0. The van der Waals surface area contributed by atoms with Crippen molar-refractivity contribution in [2.45, 2.75) is 18.5 Å². The lowest BCUT2D eigenvalue weighted by Crippen LogP contribution is -2.21. The molecule has 0 fully saturated rings. The average Bonchev–Trinajstić information content (AvgIpc) is 3.39. The van der Waals surface area contributed by atoms with Crippen LogP contribution in [0.1, 0.15) is 5.56 Å². The molecule has 5 N–H and O–H groups in total. The summed E-state index contributed by atoms with van der Waals surface area (Å²) in [5, 5.41) is 34.9. The first-order valence-corrected chi connectivity index (χ1v) is 13.4. The van der Waals surface area contributed by atoms with Gasteiger partial charge in [0.2, 0.25) is 0 Å². The Kier molecular flexibility index (Phi) is 12.9. The summed E-state index contributed by atoms with van der Waals surface area (Å²) in [6, 6.07) is 11.6. The van der Waals surface area contributed by atoms with Gasteiger partial charge in [-0.15, -0.1) is 0 Å². The molecule has 0 radical (unpaired) electrons. The molecule has 0 aliphatic carbocycles. The van der Waals surface area contributed by atoms with Gasteiger partial charge in [0.05, 0.1) is 33.7 Å². The number of hydrogen-bond acceptors (Lipinski definition) is 9. The maximum atomic E-state index is 10.6. The molecule has 13 nitrogen and oxygen atoms in total. The van der Waals surface area contributed by atoms with Crippen LogP contribution in [0.25, 0.3) is 33.9 Å². The van der Waals surface area contributed by atoms with Crippen molar-refractivity contribution in [3.63, 3.8) is 0 Å². The highest BCUT2D eigenvalue weighted by Gasteiger charge is 2.39. The predicted octanol–water partition coefficient (Wildman–Crippen LogP) is 6.75. The third-order valence-electron chi connectivity index (χ3n) is 5.79. The van der Waals surface area contributed by atoms with E-state index in [0.29, 0.717) is 27.8 Å². The Bertz CT molecular complexity index is 1840. The highest BCUT2D eigenvalue weighted by Crippen LogP contribution is 2.44. The SMILES string of the molecule is CN(C)c1cc(Cl)c(-c2nc3c([nH]2)-c2ccncc2Nc2ncccc2-3)c(C#N)c1.O=C(O)C(F)(F)F.O=C(O)C(F)(F)F.O=C(O)C(F)(F)F. The van der Waals surface area contributed by atoms with Gasteiger partial charge in [0.25, 0.3) is 0 Å². The Hall–Kier alpha value is -6.11. The number of alkyl halides is 9. The lowest BCUT2D eigenvalue weighted by atomic mass is 10.1. The fraction of sp³-hybridized carbons (Fsp3) is 0.179. The average molecular weight is 756 g/mol. The van der Waals surface area contributed by atoms with Crippen molar-refractivity contribution in [3.05, 3.63) is 59.5 Å². The minimum absolute atomic E-state index is 0.453. The molecule has 1 aliphatic heterocycles. The number of imidazole rings is 1. The minimum Gasteiger partial charge on any atom is -0.475 e. The van der Waals surface area contributed by atoms with Gasteiger partial charge in [-0.05, 0) is 30.3 Å². The number of aromatic amines is 1. The van der Waals surface area contributed by atoms with Crippen LogP contribution in [0.15, 0.2) is 48.9 Å². The maximum absolute atomic E-state index is 10.6. The van der Waals surface area contributed by atoms with Gasteiger partial charge in [-0.3, -0.25) is 4.98 Å². The molecule has 5 rings (SSSR count). The highest BCUT2D eigenvalue weighted by atomic mass is 35.5. The molecule has 3 aromatic heterocycles. The van der Waals surface area contributed by atoms with E-state index in [0.717, 1.165) is 33.9 Å². The number of carboxylic acid groups (broad SMARTS) is 3. The standard InChI is InChI=1S/C22H16ClN7.3C2HF3O2/c1-30(2)13-8-12(10-24)18(16(23)9-13)22-28-19-14-5-7-25-11-17(14)27-21-15(20(19)29-22)4-3-6-26-21;3*3-2(4,5)1(6)7/h3-9,11H,1-2H3,(H,26,27)(H,28,29);3*(H,6,7). The van der Waals surface area contributed by atoms with Crippen molar-refractivity contribution < 1.29 is 69.2 Å². The number of anilines is 3. The summed E-state index contributed by atoms with van der Waals surface area (Å²) in [5.74, 6) is -7.04. The molecule has 23 heteroatoms. The van der Waals surface area contributed by atoms with Crippen LogP contribution in [0.3, 0.4) is 0 Å². The second-order valence-corrected chi connectivity index (χ2v) is 9.93. The van der Waals surface area contributed by atoms with Crippen LogP contribution in [0.4, 0.5) is 56.7 Å². The summed E-state index contributed by atoms with van der Waals surface area (Å²) in [6.07, 6.45) is -10.0. The van der Waals surface area contributed by atoms with Gasteiger partial charge in [0.15, 0.2) is 0 Å². The van der Waals surface area contributed by atoms with E-state index < -0.39 is 36.4 Å². The molecule has 51 heavy (non-hydrogen) atoms. The zero-order chi connectivity index (χ0) is 39.1. The Morgan fingerprint density at radius 2 is 1.39 bits per heavy atom. The summed E-state index contributed by atoms with van der Waals surface area (Å²) in [6.45, 7) is 0. The first kappa shape index (κ1) is 41.1. The van der Waals surface area contributed by atoms with Crippen molar-refractivity contribution in [1.29, 1.82) is 5.26 Å². The van der Waals surface area contributed by atoms with Gasteiger partial charge in [-0.1, -0.05) is 11.6 Å². The molecule has 272 valence electrons. The fourth-order valence-corrected chi connectivity index (χ4v) is 3.90. The summed E-state index contributed by atoms with van der Waals surface area (Å²) in [5.41, 5.74) is 6.02. The third-order valence-corrected chi connectivity index (χ3v) is 6.08. The summed E-state index contributed by atoms with van der Waals surface area (Å²) >= 11 is 6.62. The zero-order valence-electron chi connectivity index (χ0n) is 25.2. The molecule has 4 heterocycles.